The lowest BCUT2D eigenvalue weighted by Gasteiger charge is -2.27. The van der Waals surface area contributed by atoms with Crippen molar-refractivity contribution >= 4 is 5.69 Å². The highest BCUT2D eigenvalue weighted by molar-refractivity contribution is 5.58. The number of nitrogens with zero attached hydrogens (tertiary/aromatic N) is 1. The second-order valence-electron chi connectivity index (χ2n) is 4.16. The number of para-hydroxylation sites is 1. The molecule has 96 valence electrons. The maximum Gasteiger partial charge on any atom is 0.0746 e. The molecular weight excluding hydrogens is 210 g/mol. The predicted octanol–water partition coefficient (Wildman–Crippen LogP) is 3.98. The number of benzene rings is 1. The molecule has 0 heterocycles. The molecule has 0 fully saturated rings. The van der Waals surface area contributed by atoms with Crippen molar-refractivity contribution in [2.45, 2.75) is 47.0 Å². The smallest absolute Gasteiger partial charge is 0.0746 e. The zero-order chi connectivity index (χ0) is 12.7. The van der Waals surface area contributed by atoms with Crippen LogP contribution < -0.4 is 5.06 Å². The van der Waals surface area contributed by atoms with Crippen LogP contribution in [-0.2, 0) is 17.7 Å². The van der Waals surface area contributed by atoms with Crippen LogP contribution >= 0.6 is 0 Å². The molecule has 0 bridgehead atoms. The third kappa shape index (κ3) is 3.47. The van der Waals surface area contributed by atoms with Gasteiger partial charge >= 0.3 is 0 Å². The summed E-state index contributed by atoms with van der Waals surface area (Å²) in [4.78, 5) is 5.84. The molecule has 0 aliphatic rings. The van der Waals surface area contributed by atoms with Gasteiger partial charge in [0.1, 0.15) is 0 Å². The van der Waals surface area contributed by atoms with Crippen LogP contribution in [0.2, 0.25) is 0 Å². The molecule has 1 aromatic rings. The first-order chi connectivity index (χ1) is 8.28. The van der Waals surface area contributed by atoms with Crippen molar-refractivity contribution in [3.8, 4) is 0 Å². The Kier molecular flexibility index (Phi) is 6.06. The summed E-state index contributed by atoms with van der Waals surface area (Å²) in [7, 11) is 0. The Morgan fingerprint density at radius 3 is 2.00 bits per heavy atom. The lowest BCUT2D eigenvalue weighted by molar-refractivity contribution is 0.110. The molecule has 0 aliphatic heterocycles. The average molecular weight is 235 g/mol. The summed E-state index contributed by atoms with van der Waals surface area (Å²) < 4.78 is 0. The first kappa shape index (κ1) is 14.0. The van der Waals surface area contributed by atoms with Gasteiger partial charge in [0.2, 0.25) is 0 Å². The summed E-state index contributed by atoms with van der Waals surface area (Å²) in [6.45, 7) is 10.4. The number of hydrogen-bond donors (Lipinski definition) is 0. The van der Waals surface area contributed by atoms with Gasteiger partial charge in [-0.05, 0) is 37.3 Å². The highest BCUT2D eigenvalue weighted by Crippen LogP contribution is 2.27. The standard InChI is InChI=1S/C15H25NO/c1-5-12-17-16(8-4)15-13(6-2)10-9-11-14(15)7-3/h9-11H,5-8,12H2,1-4H3. The second-order valence-corrected chi connectivity index (χ2v) is 4.16. The summed E-state index contributed by atoms with van der Waals surface area (Å²) in [6, 6.07) is 6.55. The van der Waals surface area contributed by atoms with Gasteiger partial charge in [0, 0.05) is 6.54 Å². The molecule has 0 unspecified atom stereocenters. The number of anilines is 1. The molecule has 0 atom stereocenters. The molecule has 0 aromatic heterocycles. The molecule has 0 radical (unpaired) electrons. The largest absolute Gasteiger partial charge is 0.273 e. The minimum absolute atomic E-state index is 0.787. The van der Waals surface area contributed by atoms with E-state index in [0.717, 1.165) is 32.4 Å². The molecule has 0 spiro atoms. The van der Waals surface area contributed by atoms with Crippen LogP contribution in [0.4, 0.5) is 5.69 Å². The Labute approximate surface area is 106 Å². The van der Waals surface area contributed by atoms with Crippen molar-refractivity contribution in [1.29, 1.82) is 0 Å². The zero-order valence-electron chi connectivity index (χ0n) is 11.6. The Balaban J connectivity index is 3.05. The van der Waals surface area contributed by atoms with E-state index >= 15 is 0 Å². The van der Waals surface area contributed by atoms with Crippen molar-refractivity contribution < 1.29 is 4.84 Å². The highest BCUT2D eigenvalue weighted by atomic mass is 16.7. The van der Waals surface area contributed by atoms with Crippen molar-refractivity contribution in [3.05, 3.63) is 29.3 Å². The SMILES string of the molecule is CCCON(CC)c1c(CC)cccc1CC. The number of hydrogen-bond acceptors (Lipinski definition) is 2. The van der Waals surface area contributed by atoms with Gasteiger partial charge in [-0.2, -0.15) is 0 Å². The van der Waals surface area contributed by atoms with Crippen molar-refractivity contribution in [2.75, 3.05) is 18.2 Å². The van der Waals surface area contributed by atoms with Crippen LogP contribution in [0.15, 0.2) is 18.2 Å². The fourth-order valence-electron chi connectivity index (χ4n) is 2.05. The molecular formula is C15H25NO. The minimum Gasteiger partial charge on any atom is -0.273 e. The fraction of sp³-hybridized carbons (Fsp3) is 0.600. The first-order valence-electron chi connectivity index (χ1n) is 6.79. The minimum atomic E-state index is 0.787. The van der Waals surface area contributed by atoms with Crippen LogP contribution in [0.3, 0.4) is 0 Å². The van der Waals surface area contributed by atoms with Crippen molar-refractivity contribution in [2.24, 2.45) is 0 Å². The molecule has 0 amide bonds. The number of rotatable bonds is 7. The van der Waals surface area contributed by atoms with Crippen LogP contribution in [-0.4, -0.2) is 13.2 Å². The molecule has 1 aromatic carbocycles. The maximum atomic E-state index is 5.84. The maximum absolute atomic E-state index is 5.84. The molecule has 0 saturated heterocycles. The van der Waals surface area contributed by atoms with Gasteiger partial charge in [-0.3, -0.25) is 9.90 Å². The molecule has 17 heavy (non-hydrogen) atoms. The van der Waals surface area contributed by atoms with Crippen LogP contribution in [0.5, 0.6) is 0 Å². The van der Waals surface area contributed by atoms with E-state index in [4.69, 9.17) is 4.84 Å². The summed E-state index contributed by atoms with van der Waals surface area (Å²) in [5, 5.41) is 2.06. The quantitative estimate of drug-likeness (QED) is 0.663. The predicted molar refractivity (Wildman–Crippen MR) is 74.5 cm³/mol. The normalized spacial score (nSPS) is 10.6. The van der Waals surface area contributed by atoms with Gasteiger partial charge in [0.15, 0.2) is 0 Å². The zero-order valence-corrected chi connectivity index (χ0v) is 11.6. The fourth-order valence-corrected chi connectivity index (χ4v) is 2.05. The van der Waals surface area contributed by atoms with Gasteiger partial charge in [0.25, 0.3) is 0 Å². The molecule has 0 saturated carbocycles. The molecule has 2 heteroatoms. The van der Waals surface area contributed by atoms with E-state index < -0.39 is 0 Å². The molecule has 0 N–H and O–H groups in total. The van der Waals surface area contributed by atoms with E-state index in [1.54, 1.807) is 0 Å². The van der Waals surface area contributed by atoms with Crippen molar-refractivity contribution in [3.63, 3.8) is 0 Å². The van der Waals surface area contributed by atoms with Crippen LogP contribution in [0.1, 0.15) is 45.2 Å². The Morgan fingerprint density at radius 2 is 1.59 bits per heavy atom. The topological polar surface area (TPSA) is 12.5 Å². The monoisotopic (exact) mass is 235 g/mol. The summed E-state index contributed by atoms with van der Waals surface area (Å²) in [5.41, 5.74) is 4.04. The van der Waals surface area contributed by atoms with Gasteiger partial charge in [-0.25, -0.2) is 0 Å². The van der Waals surface area contributed by atoms with Gasteiger partial charge in [-0.15, -0.1) is 0 Å². The Hall–Kier alpha value is -1.02. The first-order valence-corrected chi connectivity index (χ1v) is 6.79. The molecule has 0 aliphatic carbocycles. The summed E-state index contributed by atoms with van der Waals surface area (Å²) in [6.07, 6.45) is 3.15. The highest BCUT2D eigenvalue weighted by Gasteiger charge is 2.13. The Morgan fingerprint density at radius 1 is 1.00 bits per heavy atom. The molecule has 2 nitrogen and oxygen atoms in total. The van der Waals surface area contributed by atoms with Crippen molar-refractivity contribution in [1.82, 2.24) is 0 Å². The van der Waals surface area contributed by atoms with E-state index in [0.29, 0.717) is 0 Å². The lowest BCUT2D eigenvalue weighted by Crippen LogP contribution is -2.26. The van der Waals surface area contributed by atoms with Gasteiger partial charge in [0.05, 0.1) is 12.3 Å². The lowest BCUT2D eigenvalue weighted by atomic mass is 10.0. The number of aryl methyl sites for hydroxylation is 2. The summed E-state index contributed by atoms with van der Waals surface area (Å²) in [5.74, 6) is 0. The van der Waals surface area contributed by atoms with Crippen LogP contribution in [0, 0.1) is 0 Å². The Bertz CT molecular complexity index is 313. The van der Waals surface area contributed by atoms with Gasteiger partial charge in [-0.1, -0.05) is 39.0 Å². The van der Waals surface area contributed by atoms with Crippen LogP contribution in [0.25, 0.3) is 0 Å². The third-order valence-electron chi connectivity index (χ3n) is 2.95. The van der Waals surface area contributed by atoms with Gasteiger partial charge < -0.3 is 0 Å². The average Bonchev–Trinajstić information content (AvgIpc) is 2.39. The summed E-state index contributed by atoms with van der Waals surface area (Å²) >= 11 is 0. The van der Waals surface area contributed by atoms with E-state index in [1.165, 1.54) is 16.8 Å². The number of hydroxylamine groups is 1. The van der Waals surface area contributed by atoms with E-state index in [2.05, 4.69) is 51.0 Å². The second kappa shape index (κ2) is 7.33. The van der Waals surface area contributed by atoms with E-state index in [-0.39, 0.29) is 0 Å². The third-order valence-corrected chi connectivity index (χ3v) is 2.95. The van der Waals surface area contributed by atoms with E-state index in [9.17, 15) is 0 Å². The molecule has 1 rings (SSSR count). The van der Waals surface area contributed by atoms with E-state index in [1.807, 2.05) is 0 Å².